The average molecular weight is 264 g/mol. The standard InChI is InChI=1S/C15H28N4/c1-7-9-12-17-13(16-8-2)10-14(18-12)19(6)11-15(3,4)5/h10H,7-9,11H2,1-6H3,(H,16,17,18). The van der Waals surface area contributed by atoms with Gasteiger partial charge in [-0.1, -0.05) is 27.7 Å². The first-order chi connectivity index (χ1) is 8.85. The summed E-state index contributed by atoms with van der Waals surface area (Å²) in [5.74, 6) is 2.86. The van der Waals surface area contributed by atoms with Gasteiger partial charge in [-0.15, -0.1) is 0 Å². The quantitative estimate of drug-likeness (QED) is 0.855. The molecule has 0 atom stereocenters. The number of hydrogen-bond acceptors (Lipinski definition) is 4. The van der Waals surface area contributed by atoms with Gasteiger partial charge in [0.25, 0.3) is 0 Å². The highest BCUT2D eigenvalue weighted by atomic mass is 15.2. The first kappa shape index (κ1) is 15.7. The van der Waals surface area contributed by atoms with Gasteiger partial charge < -0.3 is 10.2 Å². The Morgan fingerprint density at radius 3 is 2.42 bits per heavy atom. The molecule has 4 heteroatoms. The van der Waals surface area contributed by atoms with Crippen LogP contribution in [0.2, 0.25) is 0 Å². The number of nitrogens with zero attached hydrogens (tertiary/aromatic N) is 3. The summed E-state index contributed by atoms with van der Waals surface area (Å²) in [6, 6.07) is 2.04. The van der Waals surface area contributed by atoms with Gasteiger partial charge in [0.1, 0.15) is 17.5 Å². The van der Waals surface area contributed by atoms with E-state index in [0.717, 1.165) is 43.4 Å². The largest absolute Gasteiger partial charge is 0.370 e. The second kappa shape index (κ2) is 6.73. The van der Waals surface area contributed by atoms with E-state index in [-0.39, 0.29) is 5.41 Å². The Labute approximate surface area is 117 Å². The van der Waals surface area contributed by atoms with Gasteiger partial charge in [-0.2, -0.15) is 0 Å². The molecule has 0 aliphatic rings. The molecule has 0 fully saturated rings. The van der Waals surface area contributed by atoms with Crippen molar-refractivity contribution in [2.45, 2.75) is 47.5 Å². The van der Waals surface area contributed by atoms with Crippen molar-refractivity contribution in [3.8, 4) is 0 Å². The van der Waals surface area contributed by atoms with E-state index in [0.29, 0.717) is 0 Å². The maximum absolute atomic E-state index is 4.66. The molecule has 0 amide bonds. The highest BCUT2D eigenvalue weighted by Crippen LogP contribution is 2.21. The molecule has 19 heavy (non-hydrogen) atoms. The van der Waals surface area contributed by atoms with Crippen LogP contribution in [0.15, 0.2) is 6.07 Å². The van der Waals surface area contributed by atoms with Crippen molar-refractivity contribution in [2.24, 2.45) is 5.41 Å². The Morgan fingerprint density at radius 1 is 1.21 bits per heavy atom. The van der Waals surface area contributed by atoms with Crippen LogP contribution in [0.4, 0.5) is 11.6 Å². The summed E-state index contributed by atoms with van der Waals surface area (Å²) in [7, 11) is 2.10. The monoisotopic (exact) mass is 264 g/mol. The second-order valence-corrected chi connectivity index (χ2v) is 6.22. The Kier molecular flexibility index (Phi) is 5.58. The lowest BCUT2D eigenvalue weighted by Crippen LogP contribution is -2.30. The van der Waals surface area contributed by atoms with E-state index >= 15 is 0 Å². The molecule has 1 heterocycles. The predicted molar refractivity (Wildman–Crippen MR) is 82.9 cm³/mol. The van der Waals surface area contributed by atoms with Gasteiger partial charge in [-0.3, -0.25) is 0 Å². The van der Waals surface area contributed by atoms with Crippen LogP contribution in [0.25, 0.3) is 0 Å². The van der Waals surface area contributed by atoms with Crippen LogP contribution in [0, 0.1) is 5.41 Å². The van der Waals surface area contributed by atoms with Crippen LogP contribution in [-0.4, -0.2) is 30.1 Å². The van der Waals surface area contributed by atoms with Gasteiger partial charge >= 0.3 is 0 Å². The third-order valence-corrected chi connectivity index (χ3v) is 2.69. The molecule has 0 spiro atoms. The van der Waals surface area contributed by atoms with E-state index in [1.165, 1.54) is 0 Å². The van der Waals surface area contributed by atoms with E-state index in [9.17, 15) is 0 Å². The van der Waals surface area contributed by atoms with Crippen molar-refractivity contribution in [3.05, 3.63) is 11.9 Å². The maximum Gasteiger partial charge on any atom is 0.134 e. The van der Waals surface area contributed by atoms with Crippen molar-refractivity contribution in [2.75, 3.05) is 30.4 Å². The molecule has 0 bridgehead atoms. The van der Waals surface area contributed by atoms with Crippen molar-refractivity contribution < 1.29 is 0 Å². The first-order valence-electron chi connectivity index (χ1n) is 7.18. The molecule has 108 valence electrons. The minimum atomic E-state index is 0.253. The zero-order valence-electron chi connectivity index (χ0n) is 13.2. The first-order valence-corrected chi connectivity index (χ1v) is 7.18. The molecule has 0 aliphatic heterocycles. The van der Waals surface area contributed by atoms with Crippen molar-refractivity contribution in [3.63, 3.8) is 0 Å². The van der Waals surface area contributed by atoms with Crippen molar-refractivity contribution in [1.82, 2.24) is 9.97 Å². The predicted octanol–water partition coefficient (Wildman–Crippen LogP) is 3.34. The number of anilines is 2. The molecule has 1 N–H and O–H groups in total. The van der Waals surface area contributed by atoms with E-state index < -0.39 is 0 Å². The summed E-state index contributed by atoms with van der Waals surface area (Å²) < 4.78 is 0. The summed E-state index contributed by atoms with van der Waals surface area (Å²) in [5.41, 5.74) is 0.253. The Bertz CT molecular complexity index is 371. The summed E-state index contributed by atoms with van der Waals surface area (Å²) in [4.78, 5) is 11.4. The van der Waals surface area contributed by atoms with E-state index in [1.807, 2.05) is 6.07 Å². The van der Waals surface area contributed by atoms with E-state index in [4.69, 9.17) is 0 Å². The summed E-state index contributed by atoms with van der Waals surface area (Å²) in [5, 5.41) is 3.29. The molecule has 0 aromatic carbocycles. The fourth-order valence-electron chi connectivity index (χ4n) is 2.08. The molecule has 0 saturated carbocycles. The Hall–Kier alpha value is -1.32. The van der Waals surface area contributed by atoms with Gasteiger partial charge in [0.05, 0.1) is 0 Å². The van der Waals surface area contributed by atoms with E-state index in [1.54, 1.807) is 0 Å². The lowest BCUT2D eigenvalue weighted by molar-refractivity contribution is 0.417. The SMILES string of the molecule is CCCc1nc(NCC)cc(N(C)CC(C)(C)C)n1. The molecule has 4 nitrogen and oxygen atoms in total. The molecule has 0 saturated heterocycles. The third-order valence-electron chi connectivity index (χ3n) is 2.69. The Morgan fingerprint density at radius 2 is 1.89 bits per heavy atom. The summed E-state index contributed by atoms with van der Waals surface area (Å²) in [6.07, 6.45) is 1.99. The van der Waals surface area contributed by atoms with Gasteiger partial charge in [-0.05, 0) is 18.8 Å². The smallest absolute Gasteiger partial charge is 0.134 e. The van der Waals surface area contributed by atoms with Gasteiger partial charge in [0, 0.05) is 32.6 Å². The average Bonchev–Trinajstić information content (AvgIpc) is 2.27. The maximum atomic E-state index is 4.66. The lowest BCUT2D eigenvalue weighted by atomic mass is 9.96. The Balaban J connectivity index is 2.97. The number of rotatable bonds is 6. The van der Waals surface area contributed by atoms with Crippen LogP contribution in [0.3, 0.4) is 0 Å². The molecular weight excluding hydrogens is 236 g/mol. The number of aryl methyl sites for hydroxylation is 1. The molecule has 1 aromatic heterocycles. The van der Waals surface area contributed by atoms with Crippen LogP contribution in [-0.2, 0) is 6.42 Å². The fraction of sp³-hybridized carbons (Fsp3) is 0.733. The molecule has 0 radical (unpaired) electrons. The molecular formula is C15H28N4. The molecule has 1 aromatic rings. The van der Waals surface area contributed by atoms with Crippen LogP contribution in [0.1, 0.15) is 46.9 Å². The topological polar surface area (TPSA) is 41.1 Å². The lowest BCUT2D eigenvalue weighted by Gasteiger charge is -2.27. The molecule has 0 unspecified atom stereocenters. The zero-order valence-corrected chi connectivity index (χ0v) is 13.2. The molecule has 0 aliphatic carbocycles. The number of nitrogens with one attached hydrogen (secondary N) is 1. The van der Waals surface area contributed by atoms with Crippen LogP contribution in [0.5, 0.6) is 0 Å². The highest BCUT2D eigenvalue weighted by molar-refractivity contribution is 5.49. The number of hydrogen-bond donors (Lipinski definition) is 1. The van der Waals surface area contributed by atoms with Crippen LogP contribution >= 0.6 is 0 Å². The van der Waals surface area contributed by atoms with Gasteiger partial charge in [0.2, 0.25) is 0 Å². The van der Waals surface area contributed by atoms with Gasteiger partial charge in [0.15, 0.2) is 0 Å². The normalized spacial score (nSPS) is 11.5. The van der Waals surface area contributed by atoms with E-state index in [2.05, 4.69) is 61.9 Å². The summed E-state index contributed by atoms with van der Waals surface area (Å²) in [6.45, 7) is 12.8. The minimum Gasteiger partial charge on any atom is -0.370 e. The zero-order chi connectivity index (χ0) is 14.5. The number of aromatic nitrogens is 2. The highest BCUT2D eigenvalue weighted by Gasteiger charge is 2.16. The summed E-state index contributed by atoms with van der Waals surface area (Å²) >= 11 is 0. The minimum absolute atomic E-state index is 0.253. The molecule has 1 rings (SSSR count). The van der Waals surface area contributed by atoms with Crippen molar-refractivity contribution in [1.29, 1.82) is 0 Å². The van der Waals surface area contributed by atoms with Gasteiger partial charge in [-0.25, -0.2) is 9.97 Å². The third kappa shape index (κ3) is 5.45. The second-order valence-electron chi connectivity index (χ2n) is 6.22. The van der Waals surface area contributed by atoms with Crippen LogP contribution < -0.4 is 10.2 Å². The van der Waals surface area contributed by atoms with Crippen molar-refractivity contribution >= 4 is 11.6 Å². The fourth-order valence-corrected chi connectivity index (χ4v) is 2.08.